The van der Waals surface area contributed by atoms with E-state index in [4.69, 9.17) is 9.84 Å². The van der Waals surface area contributed by atoms with Crippen molar-refractivity contribution >= 4 is 21.7 Å². The van der Waals surface area contributed by atoms with Gasteiger partial charge in [-0.15, -0.1) is 0 Å². The molecule has 0 aliphatic rings. The van der Waals surface area contributed by atoms with Crippen LogP contribution < -0.4 is 4.90 Å². The molecule has 0 saturated carbocycles. The summed E-state index contributed by atoms with van der Waals surface area (Å²) in [5.41, 5.74) is 0.632. The number of carbonyl (C=O) groups is 1. The lowest BCUT2D eigenvalue weighted by atomic mass is 10.3. The lowest BCUT2D eigenvalue weighted by Gasteiger charge is -2.23. The summed E-state index contributed by atoms with van der Waals surface area (Å²) >= 11 is 0. The molecular formula is C13H20N2O5S. The van der Waals surface area contributed by atoms with Crippen molar-refractivity contribution in [2.24, 2.45) is 0 Å². The van der Waals surface area contributed by atoms with Crippen LogP contribution in [0.1, 0.15) is 0 Å². The third-order valence-corrected chi connectivity index (χ3v) is 4.70. The molecule has 1 aromatic carbocycles. The minimum Gasteiger partial charge on any atom is -0.480 e. The lowest BCUT2D eigenvalue weighted by molar-refractivity contribution is -0.135. The summed E-state index contributed by atoms with van der Waals surface area (Å²) in [6, 6.07) is 6.11. The number of anilines is 1. The van der Waals surface area contributed by atoms with Gasteiger partial charge in [0.1, 0.15) is 6.54 Å². The number of hydrogen-bond acceptors (Lipinski definition) is 5. The maximum atomic E-state index is 12.0. The molecule has 0 spiro atoms. The van der Waals surface area contributed by atoms with Crippen molar-refractivity contribution in [3.8, 4) is 0 Å². The average Bonchev–Trinajstić information content (AvgIpc) is 2.43. The summed E-state index contributed by atoms with van der Waals surface area (Å²) in [6.07, 6.45) is 0. The second kappa shape index (κ2) is 7.39. The Hall–Kier alpha value is -1.64. The Kier molecular flexibility index (Phi) is 6.13. The number of nitrogens with zero attached hydrogens (tertiary/aromatic N) is 2. The van der Waals surface area contributed by atoms with Crippen molar-refractivity contribution in [2.45, 2.75) is 4.90 Å². The van der Waals surface area contributed by atoms with E-state index in [9.17, 15) is 13.2 Å². The Morgan fingerprint density at radius 1 is 1.24 bits per heavy atom. The molecule has 8 heteroatoms. The van der Waals surface area contributed by atoms with Gasteiger partial charge in [-0.05, 0) is 24.3 Å². The second-order valence-electron chi connectivity index (χ2n) is 4.59. The Morgan fingerprint density at radius 3 is 2.24 bits per heavy atom. The second-order valence-corrected chi connectivity index (χ2v) is 6.74. The molecule has 0 bridgehead atoms. The minimum atomic E-state index is -3.49. The van der Waals surface area contributed by atoms with Crippen molar-refractivity contribution in [3.63, 3.8) is 0 Å². The molecule has 0 aromatic heterocycles. The molecule has 0 aliphatic carbocycles. The molecule has 1 N–H and O–H groups in total. The third kappa shape index (κ3) is 4.69. The predicted octanol–water partition coefficient (Wildman–Crippen LogP) is 0.474. The molecule has 0 amide bonds. The smallest absolute Gasteiger partial charge is 0.323 e. The quantitative estimate of drug-likeness (QED) is 0.750. The summed E-state index contributed by atoms with van der Waals surface area (Å²) in [7, 11) is 0.962. The number of aliphatic carboxylic acids is 1. The van der Waals surface area contributed by atoms with Crippen LogP contribution in [-0.2, 0) is 19.6 Å². The van der Waals surface area contributed by atoms with Gasteiger partial charge in [-0.3, -0.25) is 4.79 Å². The first-order chi connectivity index (χ1) is 9.78. The fourth-order valence-electron chi connectivity index (χ4n) is 1.70. The van der Waals surface area contributed by atoms with Crippen LogP contribution in [0.2, 0.25) is 0 Å². The van der Waals surface area contributed by atoms with Crippen LogP contribution in [0.4, 0.5) is 5.69 Å². The Labute approximate surface area is 124 Å². The van der Waals surface area contributed by atoms with Gasteiger partial charge in [0.25, 0.3) is 0 Å². The van der Waals surface area contributed by atoms with Crippen molar-refractivity contribution in [3.05, 3.63) is 24.3 Å². The number of carboxylic acids is 1. The van der Waals surface area contributed by atoms with Crippen LogP contribution in [-0.4, -0.2) is 64.7 Å². The van der Waals surface area contributed by atoms with Gasteiger partial charge >= 0.3 is 5.97 Å². The molecule has 0 unspecified atom stereocenters. The Morgan fingerprint density at radius 2 is 1.81 bits per heavy atom. The molecule has 0 fully saturated rings. The fraction of sp³-hybridized carbons (Fsp3) is 0.462. The maximum Gasteiger partial charge on any atom is 0.323 e. The molecule has 7 nitrogen and oxygen atoms in total. The van der Waals surface area contributed by atoms with E-state index in [1.165, 1.54) is 33.3 Å². The first-order valence-corrected chi connectivity index (χ1v) is 7.71. The standard InChI is InChI=1S/C13H20N2O5S/c1-14(2)21(18,19)12-6-4-11(5-7-12)15(8-9-20-3)10-13(16)17/h4-7H,8-10H2,1-3H3,(H,16,17). The van der Waals surface area contributed by atoms with E-state index >= 15 is 0 Å². The van der Waals surface area contributed by atoms with Crippen LogP contribution in [0.3, 0.4) is 0 Å². The maximum absolute atomic E-state index is 12.0. The first kappa shape index (κ1) is 17.4. The van der Waals surface area contributed by atoms with Crippen molar-refractivity contribution in [2.75, 3.05) is 45.8 Å². The summed E-state index contributed by atoms with van der Waals surface area (Å²) in [5.74, 6) is -0.962. The SMILES string of the molecule is COCCN(CC(=O)O)c1ccc(S(=O)(=O)N(C)C)cc1. The summed E-state index contributed by atoms with van der Waals surface area (Å²) in [5, 5.41) is 8.92. The van der Waals surface area contributed by atoms with E-state index in [-0.39, 0.29) is 11.4 Å². The molecule has 21 heavy (non-hydrogen) atoms. The van der Waals surface area contributed by atoms with Crippen molar-refractivity contribution in [1.29, 1.82) is 0 Å². The molecule has 0 heterocycles. The number of methoxy groups -OCH3 is 1. The average molecular weight is 316 g/mol. The monoisotopic (exact) mass is 316 g/mol. The largest absolute Gasteiger partial charge is 0.480 e. The van der Waals surface area contributed by atoms with Gasteiger partial charge in [-0.1, -0.05) is 0 Å². The molecule has 1 aromatic rings. The van der Waals surface area contributed by atoms with Crippen LogP contribution in [0.15, 0.2) is 29.2 Å². The molecule has 0 radical (unpaired) electrons. The predicted molar refractivity (Wildman–Crippen MR) is 79.0 cm³/mol. The zero-order chi connectivity index (χ0) is 16.0. The topological polar surface area (TPSA) is 87.1 Å². The number of sulfonamides is 1. The van der Waals surface area contributed by atoms with Gasteiger partial charge in [0.2, 0.25) is 10.0 Å². The van der Waals surface area contributed by atoms with Gasteiger partial charge in [-0.2, -0.15) is 0 Å². The molecule has 0 atom stereocenters. The van der Waals surface area contributed by atoms with E-state index in [1.54, 1.807) is 17.0 Å². The number of hydrogen-bond donors (Lipinski definition) is 1. The van der Waals surface area contributed by atoms with E-state index < -0.39 is 16.0 Å². The number of ether oxygens (including phenoxy) is 1. The van der Waals surface area contributed by atoms with Gasteiger partial charge in [0.05, 0.1) is 11.5 Å². The lowest BCUT2D eigenvalue weighted by Crippen LogP contribution is -2.32. The molecule has 1 rings (SSSR count). The third-order valence-electron chi connectivity index (χ3n) is 2.87. The van der Waals surface area contributed by atoms with Crippen molar-refractivity contribution < 1.29 is 23.1 Å². The number of benzene rings is 1. The highest BCUT2D eigenvalue weighted by atomic mass is 32.2. The number of rotatable bonds is 8. The van der Waals surface area contributed by atoms with E-state index in [1.807, 2.05) is 0 Å². The Balaban J connectivity index is 2.99. The van der Waals surface area contributed by atoms with Crippen molar-refractivity contribution in [1.82, 2.24) is 4.31 Å². The number of carboxylic acid groups (broad SMARTS) is 1. The minimum absolute atomic E-state index is 0.165. The van der Waals surface area contributed by atoms with Gasteiger partial charge < -0.3 is 14.7 Å². The van der Waals surface area contributed by atoms with E-state index in [0.717, 1.165) is 4.31 Å². The summed E-state index contributed by atoms with van der Waals surface area (Å²) < 4.78 is 30.0. The molecular weight excluding hydrogens is 296 g/mol. The van der Waals surface area contributed by atoms with Crippen LogP contribution >= 0.6 is 0 Å². The molecule has 0 aliphatic heterocycles. The Bertz CT molecular complexity index is 569. The fourth-order valence-corrected chi connectivity index (χ4v) is 2.61. The highest BCUT2D eigenvalue weighted by molar-refractivity contribution is 7.89. The zero-order valence-electron chi connectivity index (χ0n) is 12.3. The van der Waals surface area contributed by atoms with E-state index in [2.05, 4.69) is 0 Å². The van der Waals surface area contributed by atoms with Crippen LogP contribution in [0.25, 0.3) is 0 Å². The van der Waals surface area contributed by atoms with Crippen LogP contribution in [0.5, 0.6) is 0 Å². The highest BCUT2D eigenvalue weighted by Crippen LogP contribution is 2.19. The molecule has 118 valence electrons. The highest BCUT2D eigenvalue weighted by Gasteiger charge is 2.18. The van der Waals surface area contributed by atoms with Crippen LogP contribution in [0, 0.1) is 0 Å². The first-order valence-electron chi connectivity index (χ1n) is 6.27. The van der Waals surface area contributed by atoms with Gasteiger partial charge in [0.15, 0.2) is 0 Å². The van der Waals surface area contributed by atoms with Gasteiger partial charge in [0, 0.05) is 33.4 Å². The zero-order valence-corrected chi connectivity index (χ0v) is 13.1. The summed E-state index contributed by atoms with van der Waals surface area (Å²) in [4.78, 5) is 12.7. The molecule has 0 saturated heterocycles. The normalized spacial score (nSPS) is 11.6. The summed E-state index contributed by atoms with van der Waals surface area (Å²) in [6.45, 7) is 0.608. The van der Waals surface area contributed by atoms with Gasteiger partial charge in [-0.25, -0.2) is 12.7 Å². The van der Waals surface area contributed by atoms with E-state index in [0.29, 0.717) is 18.8 Å².